The molecule has 3 rings (SSSR count). The average molecular weight is 1020 g/mol. The number of allylic oxidation sites excluding steroid dienone is 7. The van der Waals surface area contributed by atoms with Crippen molar-refractivity contribution >= 4 is 28.6 Å². The van der Waals surface area contributed by atoms with Crippen LogP contribution in [0.1, 0.15) is 145 Å². The summed E-state index contributed by atoms with van der Waals surface area (Å²) >= 11 is 2.33. The number of hydrogen-bond acceptors (Lipinski definition) is 6. The fraction of sp³-hybridized carbons (Fsp3) is 0.525. The molecule has 66 heavy (non-hydrogen) atoms. The molecule has 0 aliphatic heterocycles. The Labute approximate surface area is 422 Å². The fourth-order valence-electron chi connectivity index (χ4n) is 8.05. The number of hydrogen-bond donors (Lipinski definition) is 3. The molecule has 0 amide bonds. The van der Waals surface area contributed by atoms with Gasteiger partial charge >= 0.3 is 0 Å². The van der Waals surface area contributed by atoms with Crippen LogP contribution >= 0.6 is 22.9 Å². The summed E-state index contributed by atoms with van der Waals surface area (Å²) in [6.45, 7) is 57.0. The van der Waals surface area contributed by atoms with Crippen molar-refractivity contribution in [3.8, 4) is 0 Å². The van der Waals surface area contributed by atoms with E-state index in [0.29, 0.717) is 18.5 Å². The highest BCUT2D eigenvalue weighted by molar-refractivity contribution is 14.1. The normalized spacial score (nSPS) is 14.9. The van der Waals surface area contributed by atoms with Crippen LogP contribution in [0.4, 0.5) is 5.69 Å². The molecule has 0 saturated heterocycles. The highest BCUT2D eigenvalue weighted by atomic mass is 127. The molecule has 7 heteroatoms. The molecular weight excluding hydrogens is 920 g/mol. The zero-order valence-corrected chi connectivity index (χ0v) is 47.3. The fourth-order valence-corrected chi connectivity index (χ4v) is 8.46. The minimum Gasteiger partial charge on any atom is -0.391 e. The van der Waals surface area contributed by atoms with E-state index in [2.05, 4.69) is 221 Å². The third-order valence-corrected chi connectivity index (χ3v) is 12.1. The molecule has 2 aromatic carbocycles. The molecule has 370 valence electrons. The number of rotatable bonds is 25. The molecule has 1 atom stereocenters. The molecule has 0 radical (unpaired) electrons. The first-order valence-electron chi connectivity index (χ1n) is 24.8. The molecule has 1 aliphatic carbocycles. The van der Waals surface area contributed by atoms with Gasteiger partial charge in [0.2, 0.25) is 0 Å². The van der Waals surface area contributed by atoms with E-state index >= 15 is 0 Å². The van der Waals surface area contributed by atoms with Crippen molar-refractivity contribution < 1.29 is 0 Å². The predicted molar refractivity (Wildman–Crippen MR) is 306 cm³/mol. The molecule has 1 unspecified atom stereocenters. The molecule has 0 aromatic heterocycles. The van der Waals surface area contributed by atoms with E-state index < -0.39 is 0 Å². The molecule has 2 aromatic rings. The van der Waals surface area contributed by atoms with E-state index in [1.54, 1.807) is 6.20 Å². The number of benzene rings is 2. The Balaban J connectivity index is 0.00000571. The van der Waals surface area contributed by atoms with Crippen molar-refractivity contribution in [1.82, 2.24) is 23.5 Å². The van der Waals surface area contributed by atoms with Crippen LogP contribution in [0.25, 0.3) is 0 Å². The zero-order chi connectivity index (χ0) is 50.7. The van der Waals surface area contributed by atoms with Gasteiger partial charge in [-0.25, -0.2) is 3.11 Å². The third-order valence-electron chi connectivity index (χ3n) is 11.8. The summed E-state index contributed by atoms with van der Waals surface area (Å²) in [5.74, 6) is 0. The summed E-state index contributed by atoms with van der Waals surface area (Å²) in [4.78, 5) is 4.84. The lowest BCUT2D eigenvalue weighted by molar-refractivity contribution is 0.233. The van der Waals surface area contributed by atoms with E-state index in [0.717, 1.165) is 74.6 Å². The topological polar surface area (TPSA) is 45.8 Å². The van der Waals surface area contributed by atoms with Gasteiger partial charge in [0.25, 0.3) is 0 Å². The van der Waals surface area contributed by atoms with Gasteiger partial charge < -0.3 is 20.9 Å². The van der Waals surface area contributed by atoms with Crippen molar-refractivity contribution in [2.45, 2.75) is 147 Å². The van der Waals surface area contributed by atoms with Crippen LogP contribution in [0, 0.1) is 10.8 Å². The Kier molecular flexibility index (Phi) is 30.2. The van der Waals surface area contributed by atoms with Crippen molar-refractivity contribution in [1.29, 1.82) is 0 Å². The first kappa shape index (κ1) is 62.2. The maximum absolute atomic E-state index is 4.80. The Morgan fingerprint density at radius 3 is 2.00 bits per heavy atom. The number of halogens is 1. The summed E-state index contributed by atoms with van der Waals surface area (Å²) in [5, 5.41) is 10.4. The first-order chi connectivity index (χ1) is 31.2. The van der Waals surface area contributed by atoms with Gasteiger partial charge in [-0.1, -0.05) is 170 Å². The molecule has 0 spiro atoms. The highest BCUT2D eigenvalue weighted by Gasteiger charge is 2.38. The van der Waals surface area contributed by atoms with Gasteiger partial charge in [-0.05, 0) is 116 Å². The molecule has 0 bridgehead atoms. The zero-order valence-electron chi connectivity index (χ0n) is 45.2. The number of nitrogens with one attached hydrogen (secondary N) is 3. The second-order valence-electron chi connectivity index (χ2n) is 18.8. The van der Waals surface area contributed by atoms with Gasteiger partial charge in [0, 0.05) is 89.7 Å². The molecule has 0 saturated carbocycles. The standard InChI is InChI=1S/C52H77IN6.C3H8.2C2H6/c1-16-20-22-49(41(7)54-14)52(18-3)32-45-25-28-48(31-46(45)33-52)56-40(6)35-59(37-44(17-2)39(5)34-57(15)53)42(8)51(12,13)47-26-23-43(24-27-47)36-58(38-55-19-4)30-21-29-50(9,10)11;1-3-2;2*1-2/h17-20,22-28,31,54-56H,3-6,8,16,21,29-30,32-38H2,1-2,7,9-15H3;3H2,1-2H3;2*1-2H3/b22-20-,44-17-,49-41-;;;. The molecular formula is C59H97IN6. The molecule has 0 heterocycles. The Morgan fingerprint density at radius 2 is 1.48 bits per heavy atom. The largest absolute Gasteiger partial charge is 0.391 e. The molecule has 0 fully saturated rings. The van der Waals surface area contributed by atoms with Crippen LogP contribution in [-0.4, -0.2) is 59.9 Å². The van der Waals surface area contributed by atoms with Gasteiger partial charge in [-0.15, -0.1) is 6.58 Å². The van der Waals surface area contributed by atoms with Gasteiger partial charge in [0.05, 0.1) is 13.2 Å². The van der Waals surface area contributed by atoms with Crippen LogP contribution in [-0.2, 0) is 24.8 Å². The van der Waals surface area contributed by atoms with E-state index in [9.17, 15) is 0 Å². The molecule has 6 nitrogen and oxygen atoms in total. The number of nitrogens with zero attached hydrogens (tertiary/aromatic N) is 3. The van der Waals surface area contributed by atoms with E-state index in [1.807, 2.05) is 34.7 Å². The van der Waals surface area contributed by atoms with E-state index in [4.69, 9.17) is 6.58 Å². The van der Waals surface area contributed by atoms with Crippen LogP contribution in [0.5, 0.6) is 0 Å². The average Bonchev–Trinajstić information content (AvgIpc) is 3.66. The smallest absolute Gasteiger partial charge is 0.0675 e. The van der Waals surface area contributed by atoms with Crippen LogP contribution < -0.4 is 16.0 Å². The third kappa shape index (κ3) is 20.6. The van der Waals surface area contributed by atoms with Crippen LogP contribution in [0.2, 0.25) is 0 Å². The molecule has 3 N–H and O–H groups in total. The summed E-state index contributed by atoms with van der Waals surface area (Å²) in [6.07, 6.45) is 17.1. The second-order valence-corrected chi connectivity index (χ2v) is 20.5. The summed E-state index contributed by atoms with van der Waals surface area (Å²) < 4.78 is 2.14. The lowest BCUT2D eigenvalue weighted by Crippen LogP contribution is -2.37. The lowest BCUT2D eigenvalue weighted by atomic mass is 9.76. The lowest BCUT2D eigenvalue weighted by Gasteiger charge is -2.38. The number of anilines is 1. The maximum Gasteiger partial charge on any atom is 0.0675 e. The number of fused-ring (bicyclic) bond motifs is 1. The van der Waals surface area contributed by atoms with Crippen molar-refractivity contribution in [2.75, 3.05) is 52.3 Å². The van der Waals surface area contributed by atoms with Crippen LogP contribution in [0.3, 0.4) is 0 Å². The van der Waals surface area contributed by atoms with Crippen molar-refractivity contribution in [2.24, 2.45) is 10.8 Å². The predicted octanol–water partition coefficient (Wildman–Crippen LogP) is 15.7. The quantitative estimate of drug-likeness (QED) is 0.0303. The molecule has 1 aliphatic rings. The SMILES string of the molecule is C=CNCN(CCCC(C)(C)C)Cc1ccc(C(C)(C)C(=C)N(CC(=C)Nc2ccc3c(c2)CC(C=C)(C(/C=C\CC)=C(/C)NC)C3)C/C(=C/C)C(=C)CN(C)I)cc1.CC.CC.CCC. The Hall–Kier alpha value is -3.79. The van der Waals surface area contributed by atoms with Gasteiger partial charge in [0.15, 0.2) is 0 Å². The maximum atomic E-state index is 4.80. The van der Waals surface area contributed by atoms with Crippen molar-refractivity contribution in [3.63, 3.8) is 0 Å². The van der Waals surface area contributed by atoms with E-state index in [-0.39, 0.29) is 10.8 Å². The minimum atomic E-state index is -0.347. The highest BCUT2D eigenvalue weighted by Crippen LogP contribution is 2.46. The summed E-state index contributed by atoms with van der Waals surface area (Å²) in [5.41, 5.74) is 12.9. The van der Waals surface area contributed by atoms with Crippen LogP contribution in [0.15, 0.2) is 140 Å². The van der Waals surface area contributed by atoms with Gasteiger partial charge in [-0.3, -0.25) is 4.90 Å². The van der Waals surface area contributed by atoms with E-state index in [1.165, 1.54) is 51.9 Å². The van der Waals surface area contributed by atoms with Crippen molar-refractivity contribution in [3.05, 3.63) is 162 Å². The Bertz CT molecular complexity index is 1870. The summed E-state index contributed by atoms with van der Waals surface area (Å²) in [6, 6.07) is 15.9. The number of likely N-dealkylation sites (N-methyl/N-ethyl adjacent to an activating group) is 1. The van der Waals surface area contributed by atoms with Gasteiger partial charge in [0.1, 0.15) is 0 Å². The first-order valence-corrected chi connectivity index (χ1v) is 25.8. The second kappa shape index (κ2) is 32.0. The Morgan fingerprint density at radius 1 is 0.879 bits per heavy atom. The summed E-state index contributed by atoms with van der Waals surface area (Å²) in [7, 11) is 4.08. The minimum absolute atomic E-state index is 0.152. The van der Waals surface area contributed by atoms with Gasteiger partial charge in [-0.2, -0.15) is 0 Å². The monoisotopic (exact) mass is 1020 g/mol.